The van der Waals surface area contributed by atoms with Gasteiger partial charge in [-0.1, -0.05) is 0 Å². The van der Waals surface area contributed by atoms with Gasteiger partial charge in [-0.05, 0) is 20.8 Å². The molecule has 0 heterocycles. The highest BCUT2D eigenvalue weighted by atomic mass is 35.5. The van der Waals surface area contributed by atoms with Crippen molar-refractivity contribution in [1.29, 1.82) is 0 Å². The molecule has 1 atom stereocenters. The van der Waals surface area contributed by atoms with E-state index in [1.165, 1.54) is 0 Å². The Morgan fingerprint density at radius 2 is 1.91 bits per heavy atom. The molecule has 0 aromatic heterocycles. The van der Waals surface area contributed by atoms with Crippen LogP contribution in [-0.2, 0) is 9.53 Å². The molecule has 4 heteroatoms. The molecule has 3 nitrogen and oxygen atoms in total. The highest BCUT2D eigenvalue weighted by Crippen LogP contribution is 1.94. The van der Waals surface area contributed by atoms with E-state index in [0.717, 1.165) is 0 Å². The summed E-state index contributed by atoms with van der Waals surface area (Å²) in [7, 11) is 0. The lowest BCUT2D eigenvalue weighted by molar-refractivity contribution is -0.147. The van der Waals surface area contributed by atoms with Crippen molar-refractivity contribution in [3.8, 4) is 0 Å². The molecule has 0 saturated carbocycles. The van der Waals surface area contributed by atoms with E-state index in [4.69, 9.17) is 10.5 Å². The summed E-state index contributed by atoms with van der Waals surface area (Å²) in [6.07, 6.45) is 0.268. The zero-order chi connectivity index (χ0) is 8.15. The maximum Gasteiger partial charge on any atom is 0.307 e. The molecule has 0 aromatic rings. The summed E-state index contributed by atoms with van der Waals surface area (Å²) in [5.74, 6) is -0.218. The van der Waals surface area contributed by atoms with Crippen LogP contribution in [0.3, 0.4) is 0 Å². The average Bonchev–Trinajstić information content (AvgIpc) is 1.58. The molecule has 0 saturated heterocycles. The summed E-state index contributed by atoms with van der Waals surface area (Å²) in [5.41, 5.74) is 5.37. The first-order chi connectivity index (χ1) is 4.52. The summed E-state index contributed by atoms with van der Waals surface area (Å²) >= 11 is 0. The van der Waals surface area contributed by atoms with Gasteiger partial charge in [0.2, 0.25) is 0 Å². The third-order valence-corrected chi connectivity index (χ3v) is 0.856. The lowest BCUT2D eigenvalue weighted by Gasteiger charge is -2.08. The maximum absolute atomic E-state index is 10.8. The summed E-state index contributed by atoms with van der Waals surface area (Å²) < 4.78 is 4.84. The Morgan fingerprint density at radius 1 is 1.45 bits per heavy atom. The van der Waals surface area contributed by atoms with Crippen LogP contribution in [-0.4, -0.2) is 18.1 Å². The number of esters is 1. The lowest BCUT2D eigenvalue weighted by Crippen LogP contribution is -2.22. The number of ether oxygens (including phenoxy) is 1. The van der Waals surface area contributed by atoms with Crippen molar-refractivity contribution in [2.75, 3.05) is 0 Å². The Bertz CT molecular complexity index is 103. The zero-order valence-electron chi connectivity index (χ0n) is 7.16. The van der Waals surface area contributed by atoms with E-state index in [1.54, 1.807) is 6.92 Å². The van der Waals surface area contributed by atoms with Gasteiger partial charge < -0.3 is 10.5 Å². The molecule has 0 rings (SSSR count). The van der Waals surface area contributed by atoms with E-state index in [2.05, 4.69) is 0 Å². The highest BCUT2D eigenvalue weighted by molar-refractivity contribution is 5.85. The minimum atomic E-state index is -0.218. The molecular formula is C7H16ClNO2. The molecule has 0 amide bonds. The van der Waals surface area contributed by atoms with Crippen molar-refractivity contribution in [3.05, 3.63) is 0 Å². The molecule has 0 aliphatic rings. The van der Waals surface area contributed by atoms with Crippen LogP contribution in [0.4, 0.5) is 0 Å². The first-order valence-electron chi connectivity index (χ1n) is 3.47. The second-order valence-electron chi connectivity index (χ2n) is 2.72. The number of carbonyl (C=O) groups is 1. The molecule has 0 aliphatic heterocycles. The van der Waals surface area contributed by atoms with Gasteiger partial charge >= 0.3 is 5.97 Å². The number of nitrogens with two attached hydrogens (primary N) is 1. The maximum atomic E-state index is 10.8. The number of carbonyl (C=O) groups excluding carboxylic acids is 1. The van der Waals surface area contributed by atoms with Gasteiger partial charge in [0.05, 0.1) is 12.5 Å². The van der Waals surface area contributed by atoms with E-state index >= 15 is 0 Å². The smallest absolute Gasteiger partial charge is 0.307 e. The fourth-order valence-corrected chi connectivity index (χ4v) is 0.574. The van der Waals surface area contributed by atoms with Crippen LogP contribution < -0.4 is 5.73 Å². The normalized spacial score (nSPS) is 12.1. The largest absolute Gasteiger partial charge is 0.463 e. The molecule has 0 fully saturated rings. The van der Waals surface area contributed by atoms with Gasteiger partial charge in [-0.2, -0.15) is 0 Å². The van der Waals surface area contributed by atoms with Gasteiger partial charge in [-0.15, -0.1) is 12.4 Å². The van der Waals surface area contributed by atoms with Gasteiger partial charge in [-0.3, -0.25) is 4.79 Å². The van der Waals surface area contributed by atoms with Crippen molar-refractivity contribution in [3.63, 3.8) is 0 Å². The SMILES string of the molecule is CC(N)CC(=O)OC(C)C.Cl. The molecule has 11 heavy (non-hydrogen) atoms. The fraction of sp³-hybridized carbons (Fsp3) is 0.857. The van der Waals surface area contributed by atoms with Crippen LogP contribution >= 0.6 is 12.4 Å². The molecule has 0 aliphatic carbocycles. The number of rotatable bonds is 3. The quantitative estimate of drug-likeness (QED) is 0.664. The van der Waals surface area contributed by atoms with Crippen molar-refractivity contribution in [2.45, 2.75) is 39.3 Å². The van der Waals surface area contributed by atoms with Gasteiger partial charge in [0.1, 0.15) is 0 Å². The standard InChI is InChI=1S/C7H15NO2.ClH/c1-5(2)10-7(9)4-6(3)8;/h5-6H,4,8H2,1-3H3;1H. The summed E-state index contributed by atoms with van der Waals surface area (Å²) in [4.78, 5) is 10.8. The van der Waals surface area contributed by atoms with E-state index in [0.29, 0.717) is 6.42 Å². The van der Waals surface area contributed by atoms with Crippen LogP contribution in [0, 0.1) is 0 Å². The van der Waals surface area contributed by atoms with Gasteiger partial charge in [0.25, 0.3) is 0 Å². The van der Waals surface area contributed by atoms with E-state index < -0.39 is 0 Å². The molecule has 68 valence electrons. The van der Waals surface area contributed by atoms with E-state index in [-0.39, 0.29) is 30.5 Å². The fourth-order valence-electron chi connectivity index (χ4n) is 0.574. The summed E-state index contributed by atoms with van der Waals surface area (Å²) in [6, 6.07) is -0.105. The average molecular weight is 182 g/mol. The number of hydrogen-bond donors (Lipinski definition) is 1. The molecule has 0 aromatic carbocycles. The second kappa shape index (κ2) is 6.43. The Kier molecular flexibility index (Phi) is 7.79. The summed E-state index contributed by atoms with van der Waals surface area (Å²) in [6.45, 7) is 5.42. The Morgan fingerprint density at radius 3 is 2.18 bits per heavy atom. The van der Waals surface area contributed by atoms with Crippen molar-refractivity contribution < 1.29 is 9.53 Å². The Hall–Kier alpha value is -0.280. The van der Waals surface area contributed by atoms with E-state index in [1.807, 2.05) is 13.8 Å². The zero-order valence-corrected chi connectivity index (χ0v) is 7.98. The third kappa shape index (κ3) is 9.72. The monoisotopic (exact) mass is 181 g/mol. The van der Waals surface area contributed by atoms with Gasteiger partial charge in [0.15, 0.2) is 0 Å². The number of hydrogen-bond acceptors (Lipinski definition) is 3. The third-order valence-electron chi connectivity index (χ3n) is 0.856. The van der Waals surface area contributed by atoms with Crippen molar-refractivity contribution in [2.24, 2.45) is 5.73 Å². The first-order valence-corrected chi connectivity index (χ1v) is 3.47. The Labute approximate surface area is 73.7 Å². The Balaban J connectivity index is 0. The lowest BCUT2D eigenvalue weighted by atomic mass is 10.2. The van der Waals surface area contributed by atoms with Gasteiger partial charge in [-0.25, -0.2) is 0 Å². The number of halogens is 1. The summed E-state index contributed by atoms with van der Waals surface area (Å²) in [5, 5.41) is 0. The predicted octanol–water partition coefficient (Wildman–Crippen LogP) is 1.10. The molecule has 1 unspecified atom stereocenters. The van der Waals surface area contributed by atoms with Crippen LogP contribution in [0.5, 0.6) is 0 Å². The van der Waals surface area contributed by atoms with Crippen molar-refractivity contribution in [1.82, 2.24) is 0 Å². The molecule has 2 N–H and O–H groups in total. The van der Waals surface area contributed by atoms with Crippen LogP contribution in [0.2, 0.25) is 0 Å². The van der Waals surface area contributed by atoms with Crippen LogP contribution in [0.25, 0.3) is 0 Å². The van der Waals surface area contributed by atoms with Gasteiger partial charge in [0, 0.05) is 6.04 Å². The van der Waals surface area contributed by atoms with Crippen LogP contribution in [0.1, 0.15) is 27.2 Å². The minimum absolute atomic E-state index is 0. The molecule has 0 spiro atoms. The second-order valence-corrected chi connectivity index (χ2v) is 2.72. The minimum Gasteiger partial charge on any atom is -0.463 e. The van der Waals surface area contributed by atoms with Crippen LogP contribution in [0.15, 0.2) is 0 Å². The molecular weight excluding hydrogens is 166 g/mol. The van der Waals surface area contributed by atoms with E-state index in [9.17, 15) is 4.79 Å². The topological polar surface area (TPSA) is 52.3 Å². The molecule has 0 bridgehead atoms. The first kappa shape index (κ1) is 13.3. The molecule has 0 radical (unpaired) electrons. The highest BCUT2D eigenvalue weighted by Gasteiger charge is 2.06. The van der Waals surface area contributed by atoms with Crippen molar-refractivity contribution >= 4 is 18.4 Å². The predicted molar refractivity (Wildman–Crippen MR) is 46.7 cm³/mol.